The van der Waals surface area contributed by atoms with Gasteiger partial charge >= 0.3 is 5.97 Å². The average molecular weight is 418 g/mol. The summed E-state index contributed by atoms with van der Waals surface area (Å²) < 4.78 is 5.46. The fourth-order valence-electron chi connectivity index (χ4n) is 4.23. The molecule has 0 spiro atoms. The highest BCUT2D eigenvalue weighted by molar-refractivity contribution is 5.95. The number of carboxylic acid groups (broad SMARTS) is 1. The van der Waals surface area contributed by atoms with Crippen LogP contribution in [0.1, 0.15) is 40.1 Å². The first-order valence-electron chi connectivity index (χ1n) is 10.4. The molecule has 0 saturated carbocycles. The van der Waals surface area contributed by atoms with Gasteiger partial charge in [-0.3, -0.25) is 9.69 Å². The SMILES string of the molecule is C[C@@H]1CN(C(=O)c2cccc(-c3ccco3)c2)C[C@H](C)N1Cc1ccc(C(=O)O)cc1. The molecule has 1 aliphatic heterocycles. The van der Waals surface area contributed by atoms with E-state index < -0.39 is 5.97 Å². The Bertz CT molecular complexity index is 1050. The molecule has 31 heavy (non-hydrogen) atoms. The van der Waals surface area contributed by atoms with Crippen molar-refractivity contribution in [2.24, 2.45) is 0 Å². The summed E-state index contributed by atoms with van der Waals surface area (Å²) in [6.45, 7) is 6.25. The minimum Gasteiger partial charge on any atom is -0.478 e. The second-order valence-corrected chi connectivity index (χ2v) is 8.14. The van der Waals surface area contributed by atoms with Crippen molar-refractivity contribution >= 4 is 11.9 Å². The highest BCUT2D eigenvalue weighted by atomic mass is 16.4. The van der Waals surface area contributed by atoms with Crippen LogP contribution in [0, 0.1) is 0 Å². The van der Waals surface area contributed by atoms with Gasteiger partial charge in [-0.05, 0) is 55.8 Å². The number of carboxylic acids is 1. The zero-order valence-corrected chi connectivity index (χ0v) is 17.7. The van der Waals surface area contributed by atoms with Gasteiger partial charge in [0.05, 0.1) is 11.8 Å². The van der Waals surface area contributed by atoms with Crippen LogP contribution in [0.3, 0.4) is 0 Å². The Balaban J connectivity index is 1.44. The number of benzene rings is 2. The largest absolute Gasteiger partial charge is 0.478 e. The van der Waals surface area contributed by atoms with Crippen molar-refractivity contribution in [3.05, 3.63) is 83.6 Å². The highest BCUT2D eigenvalue weighted by Crippen LogP contribution is 2.24. The van der Waals surface area contributed by atoms with Gasteiger partial charge in [-0.15, -0.1) is 0 Å². The molecule has 1 aliphatic rings. The fraction of sp³-hybridized carbons (Fsp3) is 0.280. The highest BCUT2D eigenvalue weighted by Gasteiger charge is 2.32. The predicted octanol–water partition coefficient (Wildman–Crippen LogP) is 4.38. The lowest BCUT2D eigenvalue weighted by atomic mass is 10.0. The van der Waals surface area contributed by atoms with E-state index >= 15 is 0 Å². The number of carbonyl (C=O) groups is 2. The molecule has 0 bridgehead atoms. The Hall–Kier alpha value is -3.38. The molecular formula is C25H26N2O4. The predicted molar refractivity (Wildman–Crippen MR) is 118 cm³/mol. The van der Waals surface area contributed by atoms with Gasteiger partial charge in [0.25, 0.3) is 5.91 Å². The molecule has 2 aromatic carbocycles. The molecule has 1 saturated heterocycles. The van der Waals surface area contributed by atoms with Gasteiger partial charge in [0.2, 0.25) is 0 Å². The van der Waals surface area contributed by atoms with Crippen LogP contribution in [-0.4, -0.2) is 52.0 Å². The number of aromatic carboxylic acids is 1. The molecule has 1 amide bonds. The van der Waals surface area contributed by atoms with Crippen LogP contribution < -0.4 is 0 Å². The van der Waals surface area contributed by atoms with Crippen molar-refractivity contribution in [2.45, 2.75) is 32.5 Å². The van der Waals surface area contributed by atoms with Crippen molar-refractivity contribution in [2.75, 3.05) is 13.1 Å². The van der Waals surface area contributed by atoms with Crippen molar-refractivity contribution in [3.63, 3.8) is 0 Å². The van der Waals surface area contributed by atoms with Crippen LogP contribution in [-0.2, 0) is 6.54 Å². The molecule has 4 rings (SSSR count). The van der Waals surface area contributed by atoms with Gasteiger partial charge in [0.15, 0.2) is 0 Å². The van der Waals surface area contributed by atoms with E-state index in [0.29, 0.717) is 18.7 Å². The second kappa shape index (κ2) is 8.78. The molecule has 0 aliphatic carbocycles. The molecule has 1 aromatic heterocycles. The van der Waals surface area contributed by atoms with E-state index in [4.69, 9.17) is 9.52 Å². The average Bonchev–Trinajstić information content (AvgIpc) is 3.31. The minimum absolute atomic E-state index is 0.0255. The molecule has 1 N–H and O–H groups in total. The number of nitrogens with zero attached hydrogens (tertiary/aromatic N) is 2. The number of hydrogen-bond donors (Lipinski definition) is 1. The molecule has 6 heteroatoms. The van der Waals surface area contributed by atoms with E-state index in [2.05, 4.69) is 18.7 Å². The Morgan fingerprint density at radius 2 is 1.68 bits per heavy atom. The third kappa shape index (κ3) is 4.54. The number of piperazine rings is 1. The summed E-state index contributed by atoms with van der Waals surface area (Å²) in [5.41, 5.74) is 2.90. The Labute approximate surface area is 181 Å². The Kier molecular flexibility index (Phi) is 5.91. The van der Waals surface area contributed by atoms with Gasteiger partial charge in [-0.25, -0.2) is 4.79 Å². The third-order valence-electron chi connectivity index (χ3n) is 5.87. The quantitative estimate of drug-likeness (QED) is 0.666. The monoisotopic (exact) mass is 418 g/mol. The molecule has 1 fully saturated rings. The maximum atomic E-state index is 13.2. The number of carbonyl (C=O) groups excluding carboxylic acids is 1. The molecule has 6 nitrogen and oxygen atoms in total. The summed E-state index contributed by atoms with van der Waals surface area (Å²) in [4.78, 5) is 28.5. The Morgan fingerprint density at radius 1 is 0.968 bits per heavy atom. The van der Waals surface area contributed by atoms with Crippen LogP contribution in [0.4, 0.5) is 0 Å². The smallest absolute Gasteiger partial charge is 0.335 e. The number of rotatable bonds is 5. The van der Waals surface area contributed by atoms with Gasteiger partial charge in [-0.1, -0.05) is 24.3 Å². The van der Waals surface area contributed by atoms with Crippen LogP contribution in [0.5, 0.6) is 0 Å². The lowest BCUT2D eigenvalue weighted by molar-refractivity contribution is 0.0270. The summed E-state index contributed by atoms with van der Waals surface area (Å²) in [7, 11) is 0. The van der Waals surface area contributed by atoms with Crippen LogP contribution in [0.25, 0.3) is 11.3 Å². The summed E-state index contributed by atoms with van der Waals surface area (Å²) in [5, 5.41) is 9.07. The topological polar surface area (TPSA) is 74.0 Å². The zero-order chi connectivity index (χ0) is 22.0. The van der Waals surface area contributed by atoms with Crippen LogP contribution >= 0.6 is 0 Å². The van der Waals surface area contributed by atoms with E-state index in [0.717, 1.165) is 23.4 Å². The van der Waals surface area contributed by atoms with Gasteiger partial charge in [0, 0.05) is 42.8 Å². The molecule has 2 atom stereocenters. The molecular weight excluding hydrogens is 392 g/mol. The van der Waals surface area contributed by atoms with Gasteiger partial charge in [-0.2, -0.15) is 0 Å². The third-order valence-corrected chi connectivity index (χ3v) is 5.87. The summed E-state index contributed by atoms with van der Waals surface area (Å²) in [6.07, 6.45) is 1.63. The first kappa shape index (κ1) is 20.9. The molecule has 3 aromatic rings. The van der Waals surface area contributed by atoms with E-state index in [1.807, 2.05) is 53.4 Å². The van der Waals surface area contributed by atoms with E-state index in [1.54, 1.807) is 18.4 Å². The van der Waals surface area contributed by atoms with Crippen molar-refractivity contribution in [1.82, 2.24) is 9.80 Å². The van der Waals surface area contributed by atoms with Gasteiger partial charge in [0.1, 0.15) is 5.76 Å². The molecule has 2 heterocycles. The maximum absolute atomic E-state index is 13.2. The van der Waals surface area contributed by atoms with E-state index in [1.165, 1.54) is 0 Å². The summed E-state index contributed by atoms with van der Waals surface area (Å²) in [5.74, 6) is -0.149. The molecule has 160 valence electrons. The van der Waals surface area contributed by atoms with E-state index in [-0.39, 0.29) is 23.6 Å². The maximum Gasteiger partial charge on any atom is 0.335 e. The van der Waals surface area contributed by atoms with Crippen LogP contribution in [0.15, 0.2) is 71.3 Å². The van der Waals surface area contributed by atoms with Crippen molar-refractivity contribution < 1.29 is 19.1 Å². The van der Waals surface area contributed by atoms with Crippen molar-refractivity contribution in [3.8, 4) is 11.3 Å². The lowest BCUT2D eigenvalue weighted by Gasteiger charge is -2.44. The zero-order valence-electron chi connectivity index (χ0n) is 17.7. The minimum atomic E-state index is -0.920. The van der Waals surface area contributed by atoms with Crippen molar-refractivity contribution in [1.29, 1.82) is 0 Å². The number of amides is 1. The van der Waals surface area contributed by atoms with Gasteiger partial charge < -0.3 is 14.4 Å². The van der Waals surface area contributed by atoms with E-state index in [9.17, 15) is 9.59 Å². The summed E-state index contributed by atoms with van der Waals surface area (Å²) in [6, 6.07) is 18.6. The molecule has 0 unspecified atom stereocenters. The lowest BCUT2D eigenvalue weighted by Crippen LogP contribution is -2.57. The Morgan fingerprint density at radius 3 is 2.29 bits per heavy atom. The number of furan rings is 1. The standard InChI is InChI=1S/C25H26N2O4/c1-17-14-26(24(28)22-6-3-5-21(13-22)23-7-4-12-31-23)15-18(2)27(17)16-19-8-10-20(11-9-19)25(29)30/h3-13,17-18H,14-16H2,1-2H3,(H,29,30)/t17-,18+. The van der Waals surface area contributed by atoms with Crippen LogP contribution in [0.2, 0.25) is 0 Å². The number of hydrogen-bond acceptors (Lipinski definition) is 4. The first-order valence-corrected chi connectivity index (χ1v) is 10.4. The fourth-order valence-corrected chi connectivity index (χ4v) is 4.23. The second-order valence-electron chi connectivity index (χ2n) is 8.14. The molecule has 0 radical (unpaired) electrons. The summed E-state index contributed by atoms with van der Waals surface area (Å²) >= 11 is 0. The first-order chi connectivity index (χ1) is 14.9. The normalized spacial score (nSPS) is 19.4.